The summed E-state index contributed by atoms with van der Waals surface area (Å²) in [4.78, 5) is 4.72. The van der Waals surface area contributed by atoms with Crippen LogP contribution in [0.4, 0.5) is 10.1 Å². The second-order valence-electron chi connectivity index (χ2n) is 6.63. The third kappa shape index (κ3) is 3.95. The first-order valence-electron chi connectivity index (χ1n) is 8.10. The van der Waals surface area contributed by atoms with Crippen LogP contribution in [-0.4, -0.2) is 43.7 Å². The highest BCUT2D eigenvalue weighted by Gasteiger charge is 2.22. The van der Waals surface area contributed by atoms with Crippen LogP contribution in [0.3, 0.4) is 0 Å². The van der Waals surface area contributed by atoms with Gasteiger partial charge in [-0.15, -0.1) is 0 Å². The van der Waals surface area contributed by atoms with E-state index in [4.69, 9.17) is 0 Å². The van der Waals surface area contributed by atoms with Gasteiger partial charge >= 0.3 is 0 Å². The van der Waals surface area contributed by atoms with Crippen LogP contribution in [0.2, 0.25) is 0 Å². The van der Waals surface area contributed by atoms with Gasteiger partial charge in [0, 0.05) is 37.4 Å². The number of hydrogen-bond acceptors (Lipinski definition) is 3. The summed E-state index contributed by atoms with van der Waals surface area (Å²) in [5.74, 6) is -0.120. The molecule has 1 aliphatic heterocycles. The lowest BCUT2D eigenvalue weighted by Gasteiger charge is -2.30. The maximum Gasteiger partial charge on any atom is 0.125 e. The van der Waals surface area contributed by atoms with Gasteiger partial charge in [-0.25, -0.2) is 4.39 Å². The summed E-state index contributed by atoms with van der Waals surface area (Å²) < 4.78 is 14.0. The molecule has 1 aliphatic carbocycles. The first-order valence-corrected chi connectivity index (χ1v) is 8.10. The van der Waals surface area contributed by atoms with E-state index in [1.165, 1.54) is 12.8 Å². The van der Waals surface area contributed by atoms with Crippen LogP contribution in [0, 0.1) is 5.82 Å². The zero-order chi connectivity index (χ0) is 14.8. The third-order valence-corrected chi connectivity index (χ3v) is 4.49. The monoisotopic (exact) mass is 291 g/mol. The number of halogens is 1. The van der Waals surface area contributed by atoms with E-state index in [0.717, 1.165) is 43.9 Å². The molecule has 1 atom stereocenters. The molecule has 1 aromatic carbocycles. The lowest BCUT2D eigenvalue weighted by atomic mass is 10.1. The van der Waals surface area contributed by atoms with Gasteiger partial charge in [-0.1, -0.05) is 0 Å². The number of nitrogens with zero attached hydrogens (tertiary/aromatic N) is 2. The van der Waals surface area contributed by atoms with Gasteiger partial charge in [0.25, 0.3) is 0 Å². The van der Waals surface area contributed by atoms with Crippen LogP contribution in [0.5, 0.6) is 0 Å². The Balaban J connectivity index is 1.75. The van der Waals surface area contributed by atoms with Crippen LogP contribution in [0.1, 0.15) is 31.7 Å². The van der Waals surface area contributed by atoms with E-state index in [1.54, 1.807) is 12.1 Å². The standard InChI is InChI=1S/C17H26FN3/c1-13-12-20(2)6-3-7-21(13)17-9-14(8-15(18)10-17)11-19-16-4-5-16/h8-10,13,16,19H,3-7,11-12H2,1-2H3. The van der Waals surface area contributed by atoms with E-state index in [2.05, 4.69) is 35.2 Å². The molecule has 2 fully saturated rings. The molecule has 116 valence electrons. The molecule has 1 N–H and O–H groups in total. The first kappa shape index (κ1) is 14.8. The second kappa shape index (κ2) is 6.32. The molecule has 0 spiro atoms. The van der Waals surface area contributed by atoms with Crippen LogP contribution in [0.25, 0.3) is 0 Å². The van der Waals surface area contributed by atoms with E-state index >= 15 is 0 Å². The number of likely N-dealkylation sites (N-methyl/N-ethyl adjacent to an activating group) is 1. The number of nitrogens with one attached hydrogen (secondary N) is 1. The molecule has 1 saturated heterocycles. The van der Waals surface area contributed by atoms with Crippen LogP contribution in [0.15, 0.2) is 18.2 Å². The van der Waals surface area contributed by atoms with Crippen molar-refractivity contribution in [2.45, 2.75) is 44.8 Å². The minimum absolute atomic E-state index is 0.120. The van der Waals surface area contributed by atoms with Gasteiger partial charge < -0.3 is 15.1 Å². The summed E-state index contributed by atoms with van der Waals surface area (Å²) in [5.41, 5.74) is 2.09. The van der Waals surface area contributed by atoms with Crippen molar-refractivity contribution in [3.05, 3.63) is 29.6 Å². The van der Waals surface area contributed by atoms with Crippen molar-refractivity contribution >= 4 is 5.69 Å². The molecule has 0 bridgehead atoms. The number of hydrogen-bond donors (Lipinski definition) is 1. The highest BCUT2D eigenvalue weighted by molar-refractivity contribution is 5.50. The summed E-state index contributed by atoms with van der Waals surface area (Å²) in [7, 11) is 2.16. The Morgan fingerprint density at radius 1 is 1.24 bits per heavy atom. The fraction of sp³-hybridized carbons (Fsp3) is 0.647. The summed E-state index contributed by atoms with van der Waals surface area (Å²) in [5, 5.41) is 3.47. The van der Waals surface area contributed by atoms with Gasteiger partial charge in [-0.3, -0.25) is 0 Å². The van der Waals surface area contributed by atoms with Gasteiger partial charge in [-0.2, -0.15) is 0 Å². The predicted molar refractivity (Wildman–Crippen MR) is 85.2 cm³/mol. The Kier molecular flexibility index (Phi) is 4.45. The zero-order valence-electron chi connectivity index (χ0n) is 13.1. The topological polar surface area (TPSA) is 18.5 Å². The highest BCUT2D eigenvalue weighted by atomic mass is 19.1. The summed E-state index contributed by atoms with van der Waals surface area (Å²) >= 11 is 0. The lowest BCUT2D eigenvalue weighted by Crippen LogP contribution is -2.38. The van der Waals surface area contributed by atoms with E-state index in [0.29, 0.717) is 12.1 Å². The molecule has 1 aromatic rings. The van der Waals surface area contributed by atoms with Gasteiger partial charge in [0.05, 0.1) is 0 Å². The Morgan fingerprint density at radius 2 is 2.05 bits per heavy atom. The van der Waals surface area contributed by atoms with Crippen LogP contribution in [-0.2, 0) is 6.54 Å². The fourth-order valence-corrected chi connectivity index (χ4v) is 3.21. The molecular formula is C17H26FN3. The zero-order valence-corrected chi connectivity index (χ0v) is 13.1. The van der Waals surface area contributed by atoms with Crippen molar-refractivity contribution in [3.8, 4) is 0 Å². The second-order valence-corrected chi connectivity index (χ2v) is 6.63. The van der Waals surface area contributed by atoms with E-state index in [1.807, 2.05) is 0 Å². The highest BCUT2D eigenvalue weighted by Crippen LogP contribution is 2.24. The van der Waals surface area contributed by atoms with Gasteiger partial charge in [-0.05, 0) is 63.5 Å². The minimum Gasteiger partial charge on any atom is -0.367 e. The molecule has 3 nitrogen and oxygen atoms in total. The molecule has 0 amide bonds. The SMILES string of the molecule is CC1CN(C)CCCN1c1cc(F)cc(CNC2CC2)c1. The summed E-state index contributed by atoms with van der Waals surface area (Å²) in [6.45, 7) is 6.16. The Morgan fingerprint density at radius 3 is 2.81 bits per heavy atom. The predicted octanol–water partition coefficient (Wildman–Crippen LogP) is 2.61. The molecular weight excluding hydrogens is 265 g/mol. The Labute approximate surface area is 127 Å². The van der Waals surface area contributed by atoms with E-state index in [-0.39, 0.29) is 5.82 Å². The normalized spacial score (nSPS) is 24.1. The average Bonchev–Trinajstić information content (AvgIpc) is 3.24. The van der Waals surface area contributed by atoms with Gasteiger partial charge in [0.15, 0.2) is 0 Å². The average molecular weight is 291 g/mol. The Bertz CT molecular complexity index is 487. The van der Waals surface area contributed by atoms with Crippen LogP contribution < -0.4 is 10.2 Å². The van der Waals surface area contributed by atoms with Gasteiger partial charge in [0.2, 0.25) is 0 Å². The fourth-order valence-electron chi connectivity index (χ4n) is 3.21. The van der Waals surface area contributed by atoms with Gasteiger partial charge in [0.1, 0.15) is 5.82 Å². The molecule has 4 heteroatoms. The molecule has 21 heavy (non-hydrogen) atoms. The first-order chi connectivity index (χ1) is 10.1. The Hall–Kier alpha value is -1.13. The largest absolute Gasteiger partial charge is 0.367 e. The van der Waals surface area contributed by atoms with Crippen molar-refractivity contribution < 1.29 is 4.39 Å². The molecule has 3 rings (SSSR count). The van der Waals surface area contributed by atoms with E-state index < -0.39 is 0 Å². The van der Waals surface area contributed by atoms with Crippen molar-refractivity contribution in [1.29, 1.82) is 0 Å². The number of benzene rings is 1. The molecule has 0 radical (unpaired) electrons. The summed E-state index contributed by atoms with van der Waals surface area (Å²) in [6.07, 6.45) is 3.66. The quantitative estimate of drug-likeness (QED) is 0.920. The maximum absolute atomic E-state index is 14.0. The smallest absolute Gasteiger partial charge is 0.125 e. The molecule has 0 aromatic heterocycles. The third-order valence-electron chi connectivity index (χ3n) is 4.49. The van der Waals surface area contributed by atoms with Crippen molar-refractivity contribution in [2.75, 3.05) is 31.6 Å². The van der Waals surface area contributed by atoms with E-state index in [9.17, 15) is 4.39 Å². The number of anilines is 1. The van der Waals surface area contributed by atoms with Crippen molar-refractivity contribution in [2.24, 2.45) is 0 Å². The molecule has 1 unspecified atom stereocenters. The van der Waals surface area contributed by atoms with Crippen LogP contribution >= 0.6 is 0 Å². The summed E-state index contributed by atoms with van der Waals surface area (Å²) in [6, 6.07) is 6.57. The van der Waals surface area contributed by atoms with Crippen molar-refractivity contribution in [1.82, 2.24) is 10.2 Å². The maximum atomic E-state index is 14.0. The minimum atomic E-state index is -0.120. The molecule has 2 aliphatic rings. The van der Waals surface area contributed by atoms with Crippen molar-refractivity contribution in [3.63, 3.8) is 0 Å². The lowest BCUT2D eigenvalue weighted by molar-refractivity contribution is 0.337. The molecule has 1 saturated carbocycles. The molecule has 1 heterocycles. The number of rotatable bonds is 4.